The van der Waals surface area contributed by atoms with Gasteiger partial charge in [0, 0.05) is 13.1 Å². The van der Waals surface area contributed by atoms with E-state index in [1.807, 2.05) is 0 Å². The molecule has 0 unspecified atom stereocenters. The summed E-state index contributed by atoms with van der Waals surface area (Å²) in [6.45, 7) is 4.82. The normalized spacial score (nSPS) is 18.6. The molecule has 2 heteroatoms. The zero-order chi connectivity index (χ0) is 14.5. The molecule has 21 heavy (non-hydrogen) atoms. The zero-order valence-electron chi connectivity index (χ0n) is 12.6. The number of benzene rings is 2. The van der Waals surface area contributed by atoms with Crippen LogP contribution in [0.25, 0.3) is 0 Å². The molecular formula is C19H23NO. The van der Waals surface area contributed by atoms with Crippen molar-refractivity contribution in [2.75, 3.05) is 19.7 Å². The molecule has 1 aliphatic rings. The monoisotopic (exact) mass is 281 g/mol. The van der Waals surface area contributed by atoms with Crippen molar-refractivity contribution in [1.82, 2.24) is 5.32 Å². The molecule has 1 aliphatic heterocycles. The number of hydrogen-bond acceptors (Lipinski definition) is 2. The van der Waals surface area contributed by atoms with Gasteiger partial charge < -0.3 is 10.1 Å². The molecule has 2 aromatic rings. The summed E-state index contributed by atoms with van der Waals surface area (Å²) in [5.74, 6) is 0. The SMILES string of the molecule is Cc1ccc(CCc2ccc([C@H]3CNCCO3)cc2)cc1. The Balaban J connectivity index is 1.57. The van der Waals surface area contributed by atoms with Crippen LogP contribution in [0, 0.1) is 6.92 Å². The van der Waals surface area contributed by atoms with Crippen LogP contribution in [-0.4, -0.2) is 19.7 Å². The van der Waals surface area contributed by atoms with E-state index in [1.54, 1.807) is 0 Å². The Morgan fingerprint density at radius 2 is 1.57 bits per heavy atom. The van der Waals surface area contributed by atoms with Crippen molar-refractivity contribution in [3.05, 3.63) is 70.8 Å². The second-order valence-electron chi connectivity index (χ2n) is 5.79. The smallest absolute Gasteiger partial charge is 0.0949 e. The van der Waals surface area contributed by atoms with Crippen molar-refractivity contribution < 1.29 is 4.74 Å². The average Bonchev–Trinajstić information content (AvgIpc) is 2.56. The van der Waals surface area contributed by atoms with Crippen LogP contribution >= 0.6 is 0 Å². The second kappa shape index (κ2) is 6.88. The Kier molecular flexibility index (Phi) is 4.69. The van der Waals surface area contributed by atoms with Gasteiger partial charge in [-0.25, -0.2) is 0 Å². The third-order valence-corrected chi connectivity index (χ3v) is 4.10. The van der Waals surface area contributed by atoms with E-state index in [0.717, 1.165) is 32.5 Å². The molecule has 3 rings (SSSR count). The molecule has 0 aromatic heterocycles. The van der Waals surface area contributed by atoms with E-state index >= 15 is 0 Å². The van der Waals surface area contributed by atoms with Crippen molar-refractivity contribution in [2.45, 2.75) is 25.9 Å². The molecule has 1 N–H and O–H groups in total. The number of nitrogens with one attached hydrogen (secondary N) is 1. The Hall–Kier alpha value is -1.64. The first-order valence-electron chi connectivity index (χ1n) is 7.78. The quantitative estimate of drug-likeness (QED) is 0.927. The van der Waals surface area contributed by atoms with Crippen LogP contribution < -0.4 is 5.32 Å². The van der Waals surface area contributed by atoms with Crippen LogP contribution in [0.4, 0.5) is 0 Å². The van der Waals surface area contributed by atoms with Crippen LogP contribution in [0.3, 0.4) is 0 Å². The Morgan fingerprint density at radius 1 is 0.952 bits per heavy atom. The van der Waals surface area contributed by atoms with E-state index in [0.29, 0.717) is 0 Å². The highest BCUT2D eigenvalue weighted by atomic mass is 16.5. The molecule has 0 spiro atoms. The fraction of sp³-hybridized carbons (Fsp3) is 0.368. The van der Waals surface area contributed by atoms with Crippen molar-refractivity contribution in [2.24, 2.45) is 0 Å². The summed E-state index contributed by atoms with van der Waals surface area (Å²) in [6, 6.07) is 17.7. The first-order chi connectivity index (χ1) is 10.3. The highest BCUT2D eigenvalue weighted by Crippen LogP contribution is 2.19. The lowest BCUT2D eigenvalue weighted by atomic mass is 10.0. The fourth-order valence-corrected chi connectivity index (χ4v) is 2.72. The van der Waals surface area contributed by atoms with Gasteiger partial charge in [0.25, 0.3) is 0 Å². The summed E-state index contributed by atoms with van der Waals surface area (Å²) in [5, 5.41) is 3.37. The van der Waals surface area contributed by atoms with E-state index < -0.39 is 0 Å². The molecule has 0 bridgehead atoms. The summed E-state index contributed by atoms with van der Waals surface area (Å²) in [5.41, 5.74) is 5.40. The van der Waals surface area contributed by atoms with E-state index in [1.165, 1.54) is 22.3 Å². The van der Waals surface area contributed by atoms with Gasteiger partial charge in [-0.15, -0.1) is 0 Å². The third-order valence-electron chi connectivity index (χ3n) is 4.10. The van der Waals surface area contributed by atoms with E-state index in [4.69, 9.17) is 4.74 Å². The van der Waals surface area contributed by atoms with E-state index in [-0.39, 0.29) is 6.10 Å². The average molecular weight is 281 g/mol. The number of rotatable bonds is 4. The van der Waals surface area contributed by atoms with Crippen LogP contribution in [0.5, 0.6) is 0 Å². The first kappa shape index (κ1) is 14.3. The van der Waals surface area contributed by atoms with Gasteiger partial charge in [0.15, 0.2) is 0 Å². The Labute approximate surface area is 127 Å². The van der Waals surface area contributed by atoms with Gasteiger partial charge in [-0.05, 0) is 36.5 Å². The minimum absolute atomic E-state index is 0.213. The second-order valence-corrected chi connectivity index (χ2v) is 5.79. The molecule has 0 aliphatic carbocycles. The topological polar surface area (TPSA) is 21.3 Å². The molecular weight excluding hydrogens is 258 g/mol. The standard InChI is InChI=1S/C19H23NO/c1-15-2-4-16(5-3-15)6-7-17-8-10-18(11-9-17)19-14-20-12-13-21-19/h2-5,8-11,19-20H,6-7,12-14H2,1H3/t19-/m1/s1. The molecule has 0 amide bonds. The highest BCUT2D eigenvalue weighted by molar-refractivity contribution is 5.27. The van der Waals surface area contributed by atoms with Gasteiger partial charge in [0.2, 0.25) is 0 Å². The Bertz CT molecular complexity index is 553. The van der Waals surface area contributed by atoms with Crippen LogP contribution in [0.15, 0.2) is 48.5 Å². The maximum Gasteiger partial charge on any atom is 0.0949 e. The molecule has 2 aromatic carbocycles. The molecule has 1 saturated heterocycles. The van der Waals surface area contributed by atoms with E-state index in [9.17, 15) is 0 Å². The highest BCUT2D eigenvalue weighted by Gasteiger charge is 2.14. The zero-order valence-corrected chi connectivity index (χ0v) is 12.6. The largest absolute Gasteiger partial charge is 0.371 e. The van der Waals surface area contributed by atoms with Crippen molar-refractivity contribution >= 4 is 0 Å². The minimum Gasteiger partial charge on any atom is -0.371 e. The van der Waals surface area contributed by atoms with Crippen molar-refractivity contribution in [3.8, 4) is 0 Å². The predicted molar refractivity (Wildman–Crippen MR) is 86.6 cm³/mol. The summed E-state index contributed by atoms with van der Waals surface area (Å²) in [7, 11) is 0. The van der Waals surface area contributed by atoms with Crippen molar-refractivity contribution in [1.29, 1.82) is 0 Å². The van der Waals surface area contributed by atoms with Crippen LogP contribution in [0.2, 0.25) is 0 Å². The lowest BCUT2D eigenvalue weighted by molar-refractivity contribution is 0.0277. The first-order valence-corrected chi connectivity index (χ1v) is 7.78. The molecule has 0 saturated carbocycles. The fourth-order valence-electron chi connectivity index (χ4n) is 2.72. The van der Waals surface area contributed by atoms with Crippen LogP contribution in [0.1, 0.15) is 28.4 Å². The molecule has 2 nitrogen and oxygen atoms in total. The molecule has 0 radical (unpaired) electrons. The summed E-state index contributed by atoms with van der Waals surface area (Å²) in [4.78, 5) is 0. The van der Waals surface area contributed by atoms with Gasteiger partial charge >= 0.3 is 0 Å². The lowest BCUT2D eigenvalue weighted by Gasteiger charge is -2.24. The van der Waals surface area contributed by atoms with Crippen molar-refractivity contribution in [3.63, 3.8) is 0 Å². The molecule has 1 atom stereocenters. The molecule has 110 valence electrons. The summed E-state index contributed by atoms with van der Waals surface area (Å²) >= 11 is 0. The maximum atomic E-state index is 5.78. The van der Waals surface area contributed by atoms with Crippen LogP contribution in [-0.2, 0) is 17.6 Å². The number of hydrogen-bond donors (Lipinski definition) is 1. The van der Waals surface area contributed by atoms with Gasteiger partial charge in [-0.2, -0.15) is 0 Å². The number of ether oxygens (including phenoxy) is 1. The maximum absolute atomic E-state index is 5.78. The summed E-state index contributed by atoms with van der Waals surface area (Å²) < 4.78 is 5.78. The third kappa shape index (κ3) is 3.93. The van der Waals surface area contributed by atoms with Gasteiger partial charge in [-0.1, -0.05) is 54.1 Å². The molecule has 1 fully saturated rings. The minimum atomic E-state index is 0.213. The Morgan fingerprint density at radius 3 is 2.14 bits per heavy atom. The van der Waals surface area contributed by atoms with Gasteiger partial charge in [-0.3, -0.25) is 0 Å². The molecule has 1 heterocycles. The number of aryl methyl sites for hydroxylation is 3. The van der Waals surface area contributed by atoms with Gasteiger partial charge in [0.1, 0.15) is 0 Å². The van der Waals surface area contributed by atoms with Gasteiger partial charge in [0.05, 0.1) is 12.7 Å². The number of morpholine rings is 1. The van der Waals surface area contributed by atoms with E-state index in [2.05, 4.69) is 60.8 Å². The summed E-state index contributed by atoms with van der Waals surface area (Å²) in [6.07, 6.45) is 2.40. The predicted octanol–water partition coefficient (Wildman–Crippen LogP) is 3.44. The lowest BCUT2D eigenvalue weighted by Crippen LogP contribution is -2.33.